The van der Waals surface area contributed by atoms with E-state index in [0.29, 0.717) is 0 Å². The second kappa shape index (κ2) is 4.68. The molecule has 0 fully saturated rings. The van der Waals surface area contributed by atoms with Crippen LogP contribution in [0.15, 0.2) is 30.3 Å². The summed E-state index contributed by atoms with van der Waals surface area (Å²) in [5.41, 5.74) is 3.44. The molecular weight excluding hydrogens is 145 g/mol. The molecule has 0 radical (unpaired) electrons. The van der Waals surface area contributed by atoms with Gasteiger partial charge in [-0.05, 0) is 12.1 Å². The summed E-state index contributed by atoms with van der Waals surface area (Å²) in [5.74, 6) is 0. The zero-order chi connectivity index (χ0) is 7.94. The first-order chi connectivity index (χ1) is 5.43. The fourth-order valence-corrected chi connectivity index (χ4v) is 0.679. The Bertz CT molecular complexity index is 191. The van der Waals surface area contributed by atoms with Crippen LogP contribution in [0.5, 0.6) is 0 Å². The van der Waals surface area contributed by atoms with Gasteiger partial charge >= 0.3 is 0 Å². The molecule has 0 saturated heterocycles. The Kier molecular flexibility index (Phi) is 3.41. The number of para-hydroxylation sites is 1. The second-order valence-corrected chi connectivity index (χ2v) is 2.01. The highest BCUT2D eigenvalue weighted by molar-refractivity contribution is 5.39. The van der Waals surface area contributed by atoms with Gasteiger partial charge in [0, 0.05) is 0 Å². The summed E-state index contributed by atoms with van der Waals surface area (Å²) in [6.45, 7) is -0.394. The minimum absolute atomic E-state index is 0.0783. The van der Waals surface area contributed by atoms with Crippen molar-refractivity contribution in [3.05, 3.63) is 30.3 Å². The van der Waals surface area contributed by atoms with E-state index in [2.05, 4.69) is 5.48 Å². The van der Waals surface area contributed by atoms with E-state index >= 15 is 0 Å². The van der Waals surface area contributed by atoms with E-state index in [1.54, 1.807) is 0 Å². The smallest absolute Gasteiger partial charge is 0.115 e. The lowest BCUT2D eigenvalue weighted by atomic mass is 10.3. The van der Waals surface area contributed by atoms with Crippen molar-refractivity contribution in [3.8, 4) is 0 Å². The Morgan fingerprint density at radius 2 is 2.00 bits per heavy atom. The van der Waals surface area contributed by atoms with Crippen molar-refractivity contribution in [2.24, 2.45) is 0 Å². The molecule has 0 bridgehead atoms. The van der Waals surface area contributed by atoms with Gasteiger partial charge in [0.2, 0.25) is 0 Å². The molecule has 0 spiro atoms. The van der Waals surface area contributed by atoms with Crippen LogP contribution >= 0.6 is 0 Å². The van der Waals surface area contributed by atoms with Crippen LogP contribution in [-0.4, -0.2) is 13.3 Å². The molecule has 0 aliphatic rings. The van der Waals surface area contributed by atoms with Crippen molar-refractivity contribution in [1.29, 1.82) is 0 Å². The molecule has 0 amide bonds. The monoisotopic (exact) mass is 155 g/mol. The third-order valence-electron chi connectivity index (χ3n) is 1.14. The minimum Gasteiger partial charge on any atom is -0.273 e. The molecule has 11 heavy (non-hydrogen) atoms. The summed E-state index contributed by atoms with van der Waals surface area (Å²) in [5, 5.41) is 0. The van der Waals surface area contributed by atoms with Crippen molar-refractivity contribution >= 4 is 5.69 Å². The number of nitrogens with one attached hydrogen (secondary N) is 1. The van der Waals surface area contributed by atoms with E-state index in [-0.39, 0.29) is 6.61 Å². The highest BCUT2D eigenvalue weighted by atomic mass is 19.1. The van der Waals surface area contributed by atoms with Gasteiger partial charge in [-0.25, -0.2) is 4.39 Å². The predicted molar refractivity (Wildman–Crippen MR) is 42.0 cm³/mol. The molecule has 0 atom stereocenters. The van der Waals surface area contributed by atoms with Crippen LogP contribution in [0.25, 0.3) is 0 Å². The zero-order valence-corrected chi connectivity index (χ0v) is 6.09. The molecule has 0 heterocycles. The molecule has 2 nitrogen and oxygen atoms in total. The van der Waals surface area contributed by atoms with Gasteiger partial charge in [0.25, 0.3) is 0 Å². The number of rotatable bonds is 4. The Labute approximate surface area is 64.9 Å². The number of halogens is 1. The van der Waals surface area contributed by atoms with Gasteiger partial charge in [0.1, 0.15) is 13.3 Å². The first kappa shape index (κ1) is 8.01. The third kappa shape index (κ3) is 3.00. The number of benzene rings is 1. The molecule has 1 aromatic rings. The average molecular weight is 155 g/mol. The molecule has 3 heteroatoms. The maximum absolute atomic E-state index is 11.5. The minimum atomic E-state index is -0.472. The fourth-order valence-electron chi connectivity index (χ4n) is 0.679. The molecule has 0 unspecified atom stereocenters. The van der Waals surface area contributed by atoms with Gasteiger partial charge in [-0.1, -0.05) is 18.2 Å². The number of alkyl halides is 1. The van der Waals surface area contributed by atoms with E-state index in [4.69, 9.17) is 4.84 Å². The first-order valence-electron chi connectivity index (χ1n) is 3.42. The van der Waals surface area contributed by atoms with Gasteiger partial charge in [-0.15, -0.1) is 0 Å². The summed E-state index contributed by atoms with van der Waals surface area (Å²) in [7, 11) is 0. The number of hydrogen-bond donors (Lipinski definition) is 1. The largest absolute Gasteiger partial charge is 0.273 e. The van der Waals surface area contributed by atoms with Gasteiger partial charge in [0.05, 0.1) is 5.69 Å². The fraction of sp³-hybridized carbons (Fsp3) is 0.250. The van der Waals surface area contributed by atoms with Gasteiger partial charge in [-0.2, -0.15) is 0 Å². The lowest BCUT2D eigenvalue weighted by Crippen LogP contribution is -2.03. The summed E-state index contributed by atoms with van der Waals surface area (Å²) < 4.78 is 11.5. The second-order valence-electron chi connectivity index (χ2n) is 2.01. The van der Waals surface area contributed by atoms with Crippen molar-refractivity contribution in [3.63, 3.8) is 0 Å². The average Bonchev–Trinajstić information content (AvgIpc) is 2.07. The lowest BCUT2D eigenvalue weighted by Gasteiger charge is -2.03. The molecule has 1 aromatic carbocycles. The van der Waals surface area contributed by atoms with Gasteiger partial charge in [0.15, 0.2) is 0 Å². The van der Waals surface area contributed by atoms with Crippen molar-refractivity contribution in [2.75, 3.05) is 18.8 Å². The lowest BCUT2D eigenvalue weighted by molar-refractivity contribution is 0.171. The molecule has 60 valence electrons. The first-order valence-corrected chi connectivity index (χ1v) is 3.42. The van der Waals surface area contributed by atoms with Crippen LogP contribution in [-0.2, 0) is 4.84 Å². The van der Waals surface area contributed by atoms with Crippen molar-refractivity contribution in [2.45, 2.75) is 0 Å². The Morgan fingerprint density at radius 1 is 1.27 bits per heavy atom. The van der Waals surface area contributed by atoms with E-state index in [0.717, 1.165) is 5.69 Å². The van der Waals surface area contributed by atoms with E-state index in [1.807, 2.05) is 30.3 Å². The Morgan fingerprint density at radius 3 is 2.64 bits per heavy atom. The van der Waals surface area contributed by atoms with Crippen molar-refractivity contribution in [1.82, 2.24) is 0 Å². The molecule has 1 N–H and O–H groups in total. The molecule has 0 aliphatic carbocycles. The number of anilines is 1. The third-order valence-corrected chi connectivity index (χ3v) is 1.14. The quantitative estimate of drug-likeness (QED) is 0.530. The summed E-state index contributed by atoms with van der Waals surface area (Å²) in [4.78, 5) is 4.74. The summed E-state index contributed by atoms with van der Waals surface area (Å²) in [6, 6.07) is 9.35. The number of hydrogen-bond acceptors (Lipinski definition) is 2. The van der Waals surface area contributed by atoms with Crippen LogP contribution < -0.4 is 5.48 Å². The van der Waals surface area contributed by atoms with Crippen LogP contribution in [0.3, 0.4) is 0 Å². The van der Waals surface area contributed by atoms with Crippen LogP contribution in [0, 0.1) is 0 Å². The van der Waals surface area contributed by atoms with Crippen molar-refractivity contribution < 1.29 is 9.23 Å². The summed E-state index contributed by atoms with van der Waals surface area (Å²) >= 11 is 0. The maximum atomic E-state index is 11.5. The highest BCUT2D eigenvalue weighted by Gasteiger charge is 1.87. The molecule has 0 saturated carbocycles. The normalized spacial score (nSPS) is 9.55. The molecule has 1 rings (SSSR count). The molecular formula is C8H10FNO. The van der Waals surface area contributed by atoms with Gasteiger partial charge < -0.3 is 0 Å². The van der Waals surface area contributed by atoms with Crippen LogP contribution in [0.2, 0.25) is 0 Å². The van der Waals surface area contributed by atoms with Crippen LogP contribution in [0.4, 0.5) is 10.1 Å². The summed E-state index contributed by atoms with van der Waals surface area (Å²) in [6.07, 6.45) is 0. The standard InChI is InChI=1S/C8H10FNO/c9-6-7-11-10-8-4-2-1-3-5-8/h1-5,10H,6-7H2. The van der Waals surface area contributed by atoms with E-state index in [9.17, 15) is 4.39 Å². The predicted octanol–water partition coefficient (Wildman–Crippen LogP) is 2.00. The van der Waals surface area contributed by atoms with E-state index in [1.165, 1.54) is 0 Å². The topological polar surface area (TPSA) is 21.3 Å². The Hall–Kier alpha value is -1.09. The zero-order valence-electron chi connectivity index (χ0n) is 6.09. The highest BCUT2D eigenvalue weighted by Crippen LogP contribution is 2.03. The molecule has 0 aromatic heterocycles. The van der Waals surface area contributed by atoms with Gasteiger partial charge in [-0.3, -0.25) is 10.3 Å². The Balaban J connectivity index is 2.28. The van der Waals surface area contributed by atoms with E-state index < -0.39 is 6.67 Å². The maximum Gasteiger partial charge on any atom is 0.115 e. The SMILES string of the molecule is FCCONc1ccccc1. The van der Waals surface area contributed by atoms with Crippen LogP contribution in [0.1, 0.15) is 0 Å². The molecule has 0 aliphatic heterocycles.